The highest BCUT2D eigenvalue weighted by atomic mass is 35.5. The Labute approximate surface area is 124 Å². The van der Waals surface area contributed by atoms with Gasteiger partial charge < -0.3 is 0 Å². The van der Waals surface area contributed by atoms with Crippen LogP contribution in [0.1, 0.15) is 24.1 Å². The van der Waals surface area contributed by atoms with Crippen LogP contribution in [0.15, 0.2) is 53.4 Å². The molecule has 20 heavy (non-hydrogen) atoms. The molecule has 5 heteroatoms. The molecule has 0 aliphatic rings. The second-order valence-electron chi connectivity index (χ2n) is 4.71. The minimum Gasteiger partial charge on any atom is -0.207 e. The van der Waals surface area contributed by atoms with Gasteiger partial charge in [0.1, 0.15) is 0 Å². The molecule has 0 aliphatic carbocycles. The zero-order valence-electron chi connectivity index (χ0n) is 11.3. The summed E-state index contributed by atoms with van der Waals surface area (Å²) in [6.07, 6.45) is 0. The molecule has 2 aromatic carbocycles. The molecule has 0 amide bonds. The molecule has 3 nitrogen and oxygen atoms in total. The zero-order chi connectivity index (χ0) is 14.8. The van der Waals surface area contributed by atoms with Crippen molar-refractivity contribution < 1.29 is 8.42 Å². The van der Waals surface area contributed by atoms with Gasteiger partial charge in [-0.05, 0) is 43.7 Å². The van der Waals surface area contributed by atoms with E-state index in [9.17, 15) is 8.42 Å². The van der Waals surface area contributed by atoms with Gasteiger partial charge >= 0.3 is 0 Å². The first-order valence-electron chi connectivity index (χ1n) is 6.23. The van der Waals surface area contributed by atoms with E-state index in [1.54, 1.807) is 49.4 Å². The Morgan fingerprint density at radius 2 is 1.75 bits per heavy atom. The van der Waals surface area contributed by atoms with Crippen molar-refractivity contribution in [2.75, 3.05) is 0 Å². The number of nitrogens with one attached hydrogen (secondary N) is 1. The average Bonchev–Trinajstić information content (AvgIpc) is 2.38. The van der Waals surface area contributed by atoms with Crippen molar-refractivity contribution in [1.29, 1.82) is 0 Å². The van der Waals surface area contributed by atoms with Crippen molar-refractivity contribution in [2.24, 2.45) is 0 Å². The van der Waals surface area contributed by atoms with E-state index >= 15 is 0 Å². The predicted molar refractivity (Wildman–Crippen MR) is 81.4 cm³/mol. The average molecular weight is 310 g/mol. The topological polar surface area (TPSA) is 46.2 Å². The molecule has 2 aromatic rings. The summed E-state index contributed by atoms with van der Waals surface area (Å²) in [5.74, 6) is 0. The van der Waals surface area contributed by atoms with Crippen LogP contribution in [0.5, 0.6) is 0 Å². The molecule has 0 bridgehead atoms. The van der Waals surface area contributed by atoms with Crippen LogP contribution in [0.25, 0.3) is 0 Å². The van der Waals surface area contributed by atoms with Crippen LogP contribution in [0.4, 0.5) is 0 Å². The lowest BCUT2D eigenvalue weighted by molar-refractivity contribution is 0.567. The largest absolute Gasteiger partial charge is 0.241 e. The number of benzene rings is 2. The van der Waals surface area contributed by atoms with Crippen molar-refractivity contribution >= 4 is 21.6 Å². The van der Waals surface area contributed by atoms with Crippen LogP contribution in [0, 0.1) is 6.92 Å². The highest BCUT2D eigenvalue weighted by Crippen LogP contribution is 2.20. The summed E-state index contributed by atoms with van der Waals surface area (Å²) in [6, 6.07) is 13.6. The van der Waals surface area contributed by atoms with Crippen molar-refractivity contribution in [3.8, 4) is 0 Å². The summed E-state index contributed by atoms with van der Waals surface area (Å²) in [6.45, 7) is 3.70. The highest BCUT2D eigenvalue weighted by Gasteiger charge is 2.18. The number of aryl methyl sites for hydroxylation is 1. The molecule has 0 saturated heterocycles. The van der Waals surface area contributed by atoms with Gasteiger partial charge in [-0.3, -0.25) is 0 Å². The van der Waals surface area contributed by atoms with E-state index in [1.165, 1.54) is 0 Å². The van der Waals surface area contributed by atoms with Crippen LogP contribution < -0.4 is 4.72 Å². The Hall–Kier alpha value is -1.36. The minimum atomic E-state index is -3.53. The third kappa shape index (κ3) is 3.60. The summed E-state index contributed by atoms with van der Waals surface area (Å²) >= 11 is 5.92. The van der Waals surface area contributed by atoms with Crippen LogP contribution in [0.2, 0.25) is 5.02 Å². The number of hydrogen-bond acceptors (Lipinski definition) is 2. The lowest BCUT2D eigenvalue weighted by Gasteiger charge is -2.15. The highest BCUT2D eigenvalue weighted by molar-refractivity contribution is 7.89. The maximum atomic E-state index is 12.3. The third-order valence-electron chi connectivity index (χ3n) is 3.01. The zero-order valence-corrected chi connectivity index (χ0v) is 12.9. The quantitative estimate of drug-likeness (QED) is 0.936. The van der Waals surface area contributed by atoms with Crippen LogP contribution in [-0.4, -0.2) is 8.42 Å². The van der Waals surface area contributed by atoms with Crippen molar-refractivity contribution in [3.63, 3.8) is 0 Å². The van der Waals surface area contributed by atoms with Gasteiger partial charge in [-0.15, -0.1) is 0 Å². The molecular weight excluding hydrogens is 294 g/mol. The van der Waals surface area contributed by atoms with E-state index in [1.807, 2.05) is 13.0 Å². The summed E-state index contributed by atoms with van der Waals surface area (Å²) < 4.78 is 27.2. The van der Waals surface area contributed by atoms with Gasteiger partial charge in [0, 0.05) is 11.1 Å². The lowest BCUT2D eigenvalue weighted by atomic mass is 10.1. The number of halogens is 1. The summed E-state index contributed by atoms with van der Waals surface area (Å²) in [7, 11) is -3.53. The molecule has 0 aliphatic heterocycles. The minimum absolute atomic E-state index is 0.261. The van der Waals surface area contributed by atoms with E-state index in [2.05, 4.69) is 4.72 Å². The third-order valence-corrected chi connectivity index (χ3v) is 4.80. The maximum Gasteiger partial charge on any atom is 0.241 e. The van der Waals surface area contributed by atoms with E-state index in [4.69, 9.17) is 11.6 Å². The van der Waals surface area contributed by atoms with E-state index in [0.29, 0.717) is 5.02 Å². The predicted octanol–water partition coefficient (Wildman–Crippen LogP) is 3.69. The van der Waals surface area contributed by atoms with Gasteiger partial charge in [0.15, 0.2) is 0 Å². The first kappa shape index (κ1) is 15.0. The van der Waals surface area contributed by atoms with Crippen LogP contribution in [-0.2, 0) is 10.0 Å². The Morgan fingerprint density at radius 3 is 2.35 bits per heavy atom. The van der Waals surface area contributed by atoms with Gasteiger partial charge in [0.2, 0.25) is 10.0 Å². The second kappa shape index (κ2) is 5.95. The van der Waals surface area contributed by atoms with Gasteiger partial charge in [0.05, 0.1) is 4.90 Å². The summed E-state index contributed by atoms with van der Waals surface area (Å²) in [5, 5.41) is 0.587. The molecule has 0 fully saturated rings. The monoisotopic (exact) mass is 309 g/mol. The molecule has 1 atom stereocenters. The number of rotatable bonds is 4. The normalized spacial score (nSPS) is 13.2. The van der Waals surface area contributed by atoms with Crippen LogP contribution in [0.3, 0.4) is 0 Å². The standard InChI is InChI=1S/C15H16ClNO2S/c1-11-6-8-15(9-7-11)20(18,19)17-12(2)13-4-3-5-14(16)10-13/h3-10,12,17H,1-2H3. The SMILES string of the molecule is Cc1ccc(S(=O)(=O)NC(C)c2cccc(Cl)c2)cc1. The van der Waals surface area contributed by atoms with Crippen molar-refractivity contribution in [2.45, 2.75) is 24.8 Å². The summed E-state index contributed by atoms with van der Waals surface area (Å²) in [5.41, 5.74) is 1.85. The van der Waals surface area contributed by atoms with Crippen molar-refractivity contribution in [1.82, 2.24) is 4.72 Å². The van der Waals surface area contributed by atoms with Gasteiger partial charge in [-0.1, -0.05) is 41.4 Å². The lowest BCUT2D eigenvalue weighted by Crippen LogP contribution is -2.26. The van der Waals surface area contributed by atoms with Gasteiger partial charge in [-0.2, -0.15) is 0 Å². The second-order valence-corrected chi connectivity index (χ2v) is 6.86. The molecule has 106 valence electrons. The number of sulfonamides is 1. The summed E-state index contributed by atoms with van der Waals surface area (Å²) in [4.78, 5) is 0.261. The van der Waals surface area contributed by atoms with E-state index in [-0.39, 0.29) is 10.9 Å². The molecule has 0 aromatic heterocycles. The van der Waals surface area contributed by atoms with E-state index in [0.717, 1.165) is 11.1 Å². The molecular formula is C15H16ClNO2S. The Morgan fingerprint density at radius 1 is 1.10 bits per heavy atom. The molecule has 0 spiro atoms. The van der Waals surface area contributed by atoms with Gasteiger partial charge in [0.25, 0.3) is 0 Å². The van der Waals surface area contributed by atoms with Crippen molar-refractivity contribution in [3.05, 3.63) is 64.7 Å². The number of hydrogen-bond donors (Lipinski definition) is 1. The van der Waals surface area contributed by atoms with Crippen LogP contribution >= 0.6 is 11.6 Å². The first-order valence-corrected chi connectivity index (χ1v) is 8.09. The fourth-order valence-electron chi connectivity index (χ4n) is 1.86. The Kier molecular flexibility index (Phi) is 4.48. The molecule has 0 saturated carbocycles. The smallest absolute Gasteiger partial charge is 0.207 e. The first-order chi connectivity index (χ1) is 9.38. The molecule has 0 heterocycles. The van der Waals surface area contributed by atoms with Gasteiger partial charge in [-0.25, -0.2) is 13.1 Å². The molecule has 1 N–H and O–H groups in total. The Balaban J connectivity index is 2.22. The molecule has 1 unspecified atom stereocenters. The maximum absolute atomic E-state index is 12.3. The molecule has 0 radical (unpaired) electrons. The van der Waals surface area contributed by atoms with E-state index < -0.39 is 10.0 Å². The fourth-order valence-corrected chi connectivity index (χ4v) is 3.29. The fraction of sp³-hybridized carbons (Fsp3) is 0.200. The molecule has 2 rings (SSSR count). The Bertz CT molecular complexity index is 696.